The van der Waals surface area contributed by atoms with Gasteiger partial charge in [0.05, 0.1) is 38.1 Å². The van der Waals surface area contributed by atoms with E-state index in [2.05, 4.69) is 26.6 Å². The molecule has 0 aromatic heterocycles. The van der Waals surface area contributed by atoms with Crippen LogP contribution in [0, 0.1) is 29.1 Å². The predicted octanol–water partition coefficient (Wildman–Crippen LogP) is 7.23. The zero-order chi connectivity index (χ0) is 69.0. The van der Waals surface area contributed by atoms with Crippen LogP contribution in [0.2, 0.25) is 5.02 Å². The molecule has 2 aromatic carbocycles. The Morgan fingerprint density at radius 2 is 1.60 bits per heavy atom. The van der Waals surface area contributed by atoms with Crippen molar-refractivity contribution in [3.8, 4) is 11.5 Å². The van der Waals surface area contributed by atoms with Gasteiger partial charge < -0.3 is 65.6 Å². The average molecular weight is 1320 g/mol. The zero-order valence-electron chi connectivity index (χ0n) is 56.2. The Labute approximate surface area is 550 Å². The summed E-state index contributed by atoms with van der Waals surface area (Å²) >= 11 is 6.88. The first-order chi connectivity index (χ1) is 43.7. The number of carbonyl (C=O) groups is 10. The fourth-order valence-electron chi connectivity index (χ4n) is 12.1. The van der Waals surface area contributed by atoms with Gasteiger partial charge in [0.1, 0.15) is 58.2 Å². The van der Waals surface area contributed by atoms with Crippen LogP contribution in [0.5, 0.6) is 11.5 Å². The lowest BCUT2D eigenvalue weighted by Gasteiger charge is -2.42. The summed E-state index contributed by atoms with van der Waals surface area (Å²) in [6.07, 6.45) is 4.61. The molecule has 0 radical (unpaired) electrons. The van der Waals surface area contributed by atoms with Gasteiger partial charge in [-0.2, -0.15) is 0 Å². The number of benzene rings is 2. The van der Waals surface area contributed by atoms with E-state index in [1.807, 2.05) is 52.8 Å². The minimum Gasteiger partial charge on any atom is -0.495 e. The highest BCUT2D eigenvalue weighted by molar-refractivity contribution is 6.35. The third-order valence-corrected chi connectivity index (χ3v) is 18.7. The second kappa shape index (κ2) is 31.9. The summed E-state index contributed by atoms with van der Waals surface area (Å²) in [6.45, 7) is 18.6. The summed E-state index contributed by atoms with van der Waals surface area (Å²) in [7, 11) is 5.69. The van der Waals surface area contributed by atoms with Gasteiger partial charge in [0.25, 0.3) is 5.91 Å². The van der Waals surface area contributed by atoms with Crippen LogP contribution in [0.3, 0.4) is 0 Å². The van der Waals surface area contributed by atoms with Gasteiger partial charge in [-0.15, -0.1) is 0 Å². The Hall–Kier alpha value is -7.77. The Kier molecular flexibility index (Phi) is 25.5. The normalized spacial score (nSPS) is 24.7. The van der Waals surface area contributed by atoms with E-state index in [0.29, 0.717) is 56.4 Å². The molecule has 26 heteroatoms. The largest absolute Gasteiger partial charge is 0.495 e. The van der Waals surface area contributed by atoms with E-state index in [9.17, 15) is 53.1 Å². The molecule has 0 aliphatic carbocycles. The van der Waals surface area contributed by atoms with Crippen LogP contribution in [-0.4, -0.2) is 164 Å². The molecule has 0 spiro atoms. The number of imide groups is 1. The second-order valence-corrected chi connectivity index (χ2v) is 27.0. The maximum Gasteiger partial charge on any atom is 0.409 e. The summed E-state index contributed by atoms with van der Waals surface area (Å²) in [6, 6.07) is 3.33. The molecule has 2 aromatic rings. The van der Waals surface area contributed by atoms with Crippen molar-refractivity contribution in [2.24, 2.45) is 34.8 Å². The van der Waals surface area contributed by atoms with E-state index in [1.54, 1.807) is 39.8 Å². The van der Waals surface area contributed by atoms with Crippen LogP contribution in [-0.2, 0) is 54.2 Å². The molecule has 4 bridgehead atoms. The third-order valence-electron chi connectivity index (χ3n) is 18.4. The molecule has 0 unspecified atom stereocenters. The number of ether oxygens (including phenoxy) is 5. The Morgan fingerprint density at radius 1 is 0.925 bits per heavy atom. The molecule has 4 aliphatic rings. The summed E-state index contributed by atoms with van der Waals surface area (Å²) in [4.78, 5) is 139. The number of halogens is 1. The van der Waals surface area contributed by atoms with Gasteiger partial charge in [0, 0.05) is 70.3 Å². The topological polar surface area (TPSA) is 336 Å². The molecular weight excluding hydrogens is 1220 g/mol. The van der Waals surface area contributed by atoms with E-state index in [-0.39, 0.29) is 83.9 Å². The molecule has 512 valence electrons. The summed E-state index contributed by atoms with van der Waals surface area (Å²) in [5.41, 5.74) is 4.20. The number of alkyl carbamates (subject to hydrolysis) is 1. The van der Waals surface area contributed by atoms with Crippen molar-refractivity contribution in [2.45, 2.75) is 194 Å². The molecular formula is C67H96ClN9O16. The van der Waals surface area contributed by atoms with Crippen LogP contribution in [0.4, 0.5) is 21.0 Å². The third kappa shape index (κ3) is 19.0. The minimum absolute atomic E-state index is 0.00840. The van der Waals surface area contributed by atoms with Crippen molar-refractivity contribution in [3.63, 3.8) is 0 Å². The number of esters is 1. The van der Waals surface area contributed by atoms with Crippen LogP contribution >= 0.6 is 11.6 Å². The molecule has 4 heterocycles. The number of aliphatic hydroxyl groups is 1. The highest BCUT2D eigenvalue weighted by atomic mass is 35.5. The van der Waals surface area contributed by atoms with Crippen LogP contribution in [0.15, 0.2) is 54.1 Å². The fourth-order valence-corrected chi connectivity index (χ4v) is 12.4. The number of rotatable bonds is 23. The highest BCUT2D eigenvalue weighted by Gasteiger charge is 2.64. The first kappa shape index (κ1) is 74.3. The standard InChI is InChI=1S/C67H96ClN9O16/c1-15-43-22-19-21-38(4)29-41-30-47(56(68)49(31-41)90-14)76(12)53(79)35-51(66(10)58(93-66)39(5)50-36-67(43,88)74-64(87)91-50)92-62(85)40(6)75(11)61(84)42-25-26-45(48(32-42)89-13)71-59(82)46(23-20-27-70-63(69)86)72-60(83)57(37(2)3)73-52(78)24-17-16-18-28-77-54(80)33-44(34-55(77)81)65(7,8)9/h19,21-22,25-26,30-32,37,39-40,43-44,46,50-51,57-58,88H,15-18,20,23-24,27-29,33-36H2,1-14H3,(H,71,82)(H,72,83)(H,73,78)(H,74,87)(H3,69,70,86)/b22-19+,38-21+/t39-,40+,43-,46+,50+,51+,57+,58+,66+,67+/m1/s1. The molecule has 6 rings (SSSR count). The number of unbranched alkanes of at least 4 members (excludes halogenated alkanes) is 2. The van der Waals surface area contributed by atoms with Gasteiger partial charge in [-0.3, -0.25) is 43.8 Å². The lowest BCUT2D eigenvalue weighted by atomic mass is 9.75. The summed E-state index contributed by atoms with van der Waals surface area (Å²) < 4.78 is 29.7. The number of likely N-dealkylation sites (N-methyl/N-ethyl adjacent to an activating group) is 1. The van der Waals surface area contributed by atoms with Crippen molar-refractivity contribution in [2.75, 3.05) is 51.6 Å². The summed E-state index contributed by atoms with van der Waals surface area (Å²) in [5.74, 6) is -5.47. The van der Waals surface area contributed by atoms with E-state index in [1.165, 1.54) is 63.2 Å². The van der Waals surface area contributed by atoms with Crippen LogP contribution < -0.4 is 46.7 Å². The van der Waals surface area contributed by atoms with Gasteiger partial charge in [0.2, 0.25) is 35.4 Å². The number of piperidine rings is 1. The number of fused-ring (bicyclic) bond motifs is 5. The minimum atomic E-state index is -1.70. The Balaban J connectivity index is 1.15. The average Bonchev–Trinajstić information content (AvgIpc) is 1.57. The number of hydrogen-bond acceptors (Lipinski definition) is 16. The number of methoxy groups -OCH3 is 2. The lowest BCUT2D eigenvalue weighted by Crippen LogP contribution is -2.61. The second-order valence-electron chi connectivity index (χ2n) is 26.6. The van der Waals surface area contributed by atoms with E-state index in [4.69, 9.17) is 41.0 Å². The number of likely N-dealkylation sites (tertiary alicyclic amines) is 1. The smallest absolute Gasteiger partial charge is 0.409 e. The SMILES string of the molecule is CC[C@@H]1/C=C/C=C(\C)Cc2cc(OC)c(Cl)c(c2)N(C)C(=O)C[C@H](OC(=O)[C@H](C)N(C)C(=O)c2ccc(NC(=O)[C@H](CCCNC(N)=O)NC(=O)[C@@H](NC(=O)CCCCCN3C(=O)CC(C(C)(C)C)CC3=O)C(C)C)c(OC)c2)[C@]2(C)O[C@H]2[C@H](C)[C@@H]2C[C@@]1(O)NC(=O)O2. The molecule has 0 saturated carbocycles. The number of epoxide rings is 1. The monoisotopic (exact) mass is 1320 g/mol. The van der Waals surface area contributed by atoms with Gasteiger partial charge in [-0.25, -0.2) is 14.4 Å². The molecule has 3 saturated heterocycles. The van der Waals surface area contributed by atoms with Gasteiger partial charge in [-0.1, -0.05) is 90.3 Å². The number of nitrogens with one attached hydrogen (secondary N) is 5. The highest BCUT2D eigenvalue weighted by Crippen LogP contribution is 2.50. The molecule has 10 atom stereocenters. The number of urea groups is 1. The van der Waals surface area contributed by atoms with Crippen LogP contribution in [0.1, 0.15) is 156 Å². The number of primary amides is 1. The van der Waals surface area contributed by atoms with Gasteiger partial charge >= 0.3 is 18.1 Å². The number of amides is 10. The first-order valence-electron chi connectivity index (χ1n) is 31.9. The van der Waals surface area contributed by atoms with Gasteiger partial charge in [-0.05, 0) is 112 Å². The molecule has 25 nitrogen and oxygen atoms in total. The fraction of sp³-hybridized carbons (Fsp3) is 0.612. The van der Waals surface area contributed by atoms with E-state index in [0.717, 1.165) is 16.0 Å². The van der Waals surface area contributed by atoms with Crippen LogP contribution in [0.25, 0.3) is 0 Å². The number of hydrogen-bond donors (Lipinski definition) is 7. The van der Waals surface area contributed by atoms with E-state index < -0.39 is 120 Å². The Morgan fingerprint density at radius 3 is 2.23 bits per heavy atom. The maximum absolute atomic E-state index is 14.6. The molecule has 3 fully saturated rings. The predicted molar refractivity (Wildman–Crippen MR) is 348 cm³/mol. The maximum atomic E-state index is 14.6. The van der Waals surface area contributed by atoms with Crippen molar-refractivity contribution in [3.05, 3.63) is 70.3 Å². The molecule has 8 N–H and O–H groups in total. The molecule has 93 heavy (non-hydrogen) atoms. The Bertz CT molecular complexity index is 3170. The molecule has 4 aliphatic heterocycles. The first-order valence-corrected chi connectivity index (χ1v) is 32.3. The zero-order valence-corrected chi connectivity index (χ0v) is 56.9. The molecule has 10 amide bonds. The van der Waals surface area contributed by atoms with Crippen molar-refractivity contribution in [1.29, 1.82) is 0 Å². The number of nitrogens with two attached hydrogens (primary N) is 1. The van der Waals surface area contributed by atoms with Crippen molar-refractivity contribution < 1.29 is 76.7 Å². The van der Waals surface area contributed by atoms with E-state index >= 15 is 0 Å². The van der Waals surface area contributed by atoms with Crippen molar-refractivity contribution in [1.82, 2.24) is 31.1 Å². The van der Waals surface area contributed by atoms with Crippen molar-refractivity contribution >= 4 is 82.4 Å². The summed E-state index contributed by atoms with van der Waals surface area (Å²) in [5, 5.41) is 25.6. The number of nitrogens with zero attached hydrogens (tertiary/aromatic N) is 3. The van der Waals surface area contributed by atoms with Gasteiger partial charge in [0.15, 0.2) is 0 Å². The number of allylic oxidation sites excluding steroid dienone is 3. The number of anilines is 2. The lowest BCUT2D eigenvalue weighted by molar-refractivity contribution is -0.158. The number of carbonyl (C=O) groups excluding carboxylic acids is 10. The quantitative estimate of drug-likeness (QED) is 0.0250.